The standard InChI is InChI=1S/C20H27N/c1-14-7-9-19(11-15(14)2)20(21)13-16-8-10-17-5-3-4-6-18(17)12-16/h3-6,8,10,12,14-15,19-20H,7,9,11,13,21H2,1-2H3. The lowest BCUT2D eigenvalue weighted by molar-refractivity contribution is 0.185. The predicted octanol–water partition coefficient (Wildman–Crippen LogP) is 4.78. The van der Waals surface area contributed by atoms with Crippen LogP contribution in [0.1, 0.15) is 38.7 Å². The van der Waals surface area contributed by atoms with E-state index in [2.05, 4.69) is 56.3 Å². The molecule has 0 bridgehead atoms. The second kappa shape index (κ2) is 6.19. The maximum absolute atomic E-state index is 6.53. The van der Waals surface area contributed by atoms with E-state index in [-0.39, 0.29) is 0 Å². The van der Waals surface area contributed by atoms with Gasteiger partial charge in [0.05, 0.1) is 0 Å². The number of rotatable bonds is 3. The van der Waals surface area contributed by atoms with Crippen LogP contribution in [0.5, 0.6) is 0 Å². The largest absolute Gasteiger partial charge is 0.327 e. The smallest absolute Gasteiger partial charge is 0.0108 e. The molecule has 21 heavy (non-hydrogen) atoms. The molecule has 0 heterocycles. The maximum atomic E-state index is 6.53. The summed E-state index contributed by atoms with van der Waals surface area (Å²) in [7, 11) is 0. The summed E-state index contributed by atoms with van der Waals surface area (Å²) in [6.45, 7) is 4.77. The highest BCUT2D eigenvalue weighted by Gasteiger charge is 2.28. The van der Waals surface area contributed by atoms with E-state index in [1.807, 2.05) is 0 Å². The van der Waals surface area contributed by atoms with Crippen LogP contribution in [0.3, 0.4) is 0 Å². The molecule has 1 saturated carbocycles. The van der Waals surface area contributed by atoms with E-state index in [1.165, 1.54) is 35.6 Å². The van der Waals surface area contributed by atoms with Crippen LogP contribution in [0, 0.1) is 17.8 Å². The monoisotopic (exact) mass is 281 g/mol. The van der Waals surface area contributed by atoms with Gasteiger partial charge in [0, 0.05) is 6.04 Å². The summed E-state index contributed by atoms with van der Waals surface area (Å²) in [5.41, 5.74) is 7.91. The third kappa shape index (κ3) is 3.29. The third-order valence-electron chi connectivity index (χ3n) is 5.53. The zero-order valence-electron chi connectivity index (χ0n) is 13.3. The highest BCUT2D eigenvalue weighted by Crippen LogP contribution is 2.35. The maximum Gasteiger partial charge on any atom is 0.0108 e. The van der Waals surface area contributed by atoms with Gasteiger partial charge in [-0.15, -0.1) is 0 Å². The molecule has 1 aliphatic carbocycles. The topological polar surface area (TPSA) is 26.0 Å². The first-order chi connectivity index (χ1) is 10.1. The van der Waals surface area contributed by atoms with Gasteiger partial charge in [0.15, 0.2) is 0 Å². The van der Waals surface area contributed by atoms with Crippen molar-refractivity contribution in [3.63, 3.8) is 0 Å². The van der Waals surface area contributed by atoms with E-state index in [9.17, 15) is 0 Å². The van der Waals surface area contributed by atoms with Crippen molar-refractivity contribution in [3.8, 4) is 0 Å². The quantitative estimate of drug-likeness (QED) is 0.860. The zero-order chi connectivity index (χ0) is 14.8. The van der Waals surface area contributed by atoms with Crippen molar-refractivity contribution < 1.29 is 0 Å². The molecular formula is C20H27N. The van der Waals surface area contributed by atoms with Crippen molar-refractivity contribution in [2.75, 3.05) is 0 Å². The number of hydrogen-bond donors (Lipinski definition) is 1. The van der Waals surface area contributed by atoms with Gasteiger partial charge in [0.2, 0.25) is 0 Å². The van der Waals surface area contributed by atoms with Gasteiger partial charge in [0.25, 0.3) is 0 Å². The fourth-order valence-corrected chi connectivity index (χ4v) is 3.78. The Hall–Kier alpha value is -1.34. The summed E-state index contributed by atoms with van der Waals surface area (Å²) in [5.74, 6) is 2.39. The molecule has 1 nitrogen and oxygen atoms in total. The molecule has 0 aliphatic heterocycles. The summed E-state index contributed by atoms with van der Waals surface area (Å²) in [5, 5.41) is 2.64. The Balaban J connectivity index is 1.69. The molecule has 3 rings (SSSR count). The predicted molar refractivity (Wildman–Crippen MR) is 91.3 cm³/mol. The van der Waals surface area contributed by atoms with Crippen molar-refractivity contribution in [3.05, 3.63) is 48.0 Å². The number of benzene rings is 2. The molecule has 4 atom stereocenters. The van der Waals surface area contributed by atoms with Crippen LogP contribution < -0.4 is 5.73 Å². The van der Waals surface area contributed by atoms with Gasteiger partial charge in [-0.05, 0) is 53.4 Å². The molecule has 0 saturated heterocycles. The summed E-state index contributed by atoms with van der Waals surface area (Å²) >= 11 is 0. The Kier molecular flexibility index (Phi) is 4.30. The fourth-order valence-electron chi connectivity index (χ4n) is 3.78. The lowest BCUT2D eigenvalue weighted by atomic mass is 9.72. The number of fused-ring (bicyclic) bond motifs is 1. The molecule has 0 aromatic heterocycles. The fraction of sp³-hybridized carbons (Fsp3) is 0.500. The summed E-state index contributed by atoms with van der Waals surface area (Å²) in [6.07, 6.45) is 4.96. The average molecular weight is 281 g/mol. The molecule has 2 aromatic carbocycles. The summed E-state index contributed by atoms with van der Waals surface area (Å²) < 4.78 is 0. The van der Waals surface area contributed by atoms with E-state index in [0.29, 0.717) is 12.0 Å². The van der Waals surface area contributed by atoms with Gasteiger partial charge in [0.1, 0.15) is 0 Å². The number of nitrogens with two attached hydrogens (primary N) is 1. The van der Waals surface area contributed by atoms with Crippen LogP contribution in [0.2, 0.25) is 0 Å². The normalized spacial score (nSPS) is 27.7. The molecule has 2 aromatic rings. The van der Waals surface area contributed by atoms with Gasteiger partial charge in [-0.3, -0.25) is 0 Å². The zero-order valence-corrected chi connectivity index (χ0v) is 13.3. The van der Waals surface area contributed by atoms with Gasteiger partial charge >= 0.3 is 0 Å². The Morgan fingerprint density at radius 2 is 1.76 bits per heavy atom. The average Bonchev–Trinajstić information content (AvgIpc) is 2.50. The van der Waals surface area contributed by atoms with Crippen LogP contribution in [-0.2, 0) is 6.42 Å². The highest BCUT2D eigenvalue weighted by atomic mass is 14.7. The van der Waals surface area contributed by atoms with E-state index < -0.39 is 0 Å². The second-order valence-corrected chi connectivity index (χ2v) is 7.08. The van der Waals surface area contributed by atoms with Crippen LogP contribution in [0.25, 0.3) is 10.8 Å². The van der Waals surface area contributed by atoms with Gasteiger partial charge in [-0.25, -0.2) is 0 Å². The van der Waals surface area contributed by atoms with E-state index in [4.69, 9.17) is 5.73 Å². The van der Waals surface area contributed by atoms with Gasteiger partial charge < -0.3 is 5.73 Å². The molecule has 1 aliphatic rings. The van der Waals surface area contributed by atoms with E-state index >= 15 is 0 Å². The minimum atomic E-state index is 0.307. The molecule has 2 N–H and O–H groups in total. The summed E-state index contributed by atoms with van der Waals surface area (Å²) in [6, 6.07) is 15.7. The SMILES string of the molecule is CC1CCC(C(N)Cc2ccc3ccccc3c2)CC1C. The van der Waals surface area contributed by atoms with Crippen LogP contribution >= 0.6 is 0 Å². The Morgan fingerprint density at radius 3 is 2.52 bits per heavy atom. The summed E-state index contributed by atoms with van der Waals surface area (Å²) in [4.78, 5) is 0. The molecule has 0 spiro atoms. The third-order valence-corrected chi connectivity index (χ3v) is 5.53. The molecule has 112 valence electrons. The molecule has 1 heteroatoms. The van der Waals surface area contributed by atoms with Gasteiger partial charge in [-0.1, -0.05) is 62.7 Å². The minimum Gasteiger partial charge on any atom is -0.327 e. The van der Waals surface area contributed by atoms with E-state index in [1.54, 1.807) is 0 Å². The van der Waals surface area contributed by atoms with Crippen molar-refractivity contribution in [2.24, 2.45) is 23.5 Å². The van der Waals surface area contributed by atoms with E-state index in [0.717, 1.165) is 18.3 Å². The minimum absolute atomic E-state index is 0.307. The van der Waals surface area contributed by atoms with Crippen LogP contribution in [0.4, 0.5) is 0 Å². The molecule has 4 unspecified atom stereocenters. The molecule has 1 fully saturated rings. The Morgan fingerprint density at radius 1 is 1.00 bits per heavy atom. The molecule has 0 radical (unpaired) electrons. The first-order valence-electron chi connectivity index (χ1n) is 8.36. The van der Waals surface area contributed by atoms with Gasteiger partial charge in [-0.2, -0.15) is 0 Å². The lowest BCUT2D eigenvalue weighted by Crippen LogP contribution is -2.36. The van der Waals surface area contributed by atoms with Crippen molar-refractivity contribution in [1.82, 2.24) is 0 Å². The molecule has 0 amide bonds. The first-order valence-corrected chi connectivity index (χ1v) is 8.36. The van der Waals surface area contributed by atoms with Crippen molar-refractivity contribution >= 4 is 10.8 Å². The second-order valence-electron chi connectivity index (χ2n) is 7.08. The highest BCUT2D eigenvalue weighted by molar-refractivity contribution is 5.82. The van der Waals surface area contributed by atoms with Crippen molar-refractivity contribution in [2.45, 2.75) is 45.6 Å². The first kappa shape index (κ1) is 14.6. The van der Waals surface area contributed by atoms with Crippen LogP contribution in [0.15, 0.2) is 42.5 Å². The van der Waals surface area contributed by atoms with Crippen LogP contribution in [-0.4, -0.2) is 6.04 Å². The Bertz CT molecular complexity index is 604. The lowest BCUT2D eigenvalue weighted by Gasteiger charge is -2.35. The van der Waals surface area contributed by atoms with Crippen molar-refractivity contribution in [1.29, 1.82) is 0 Å². The molecular weight excluding hydrogens is 254 g/mol. The Labute approximate surface area is 128 Å². The number of hydrogen-bond acceptors (Lipinski definition) is 1.